The van der Waals surface area contributed by atoms with Crippen LogP contribution in [0.2, 0.25) is 0 Å². The van der Waals surface area contributed by atoms with Gasteiger partial charge in [0.2, 0.25) is 0 Å². The minimum absolute atomic E-state index is 0.177. The number of rotatable bonds is 9. The molecule has 2 aromatic heterocycles. The molecule has 2 aromatic carbocycles. The van der Waals surface area contributed by atoms with Crippen molar-refractivity contribution in [3.05, 3.63) is 72.4 Å². The summed E-state index contributed by atoms with van der Waals surface area (Å²) in [6.07, 6.45) is 3.53. The van der Waals surface area contributed by atoms with Crippen LogP contribution in [0, 0.1) is 11.6 Å². The largest absolute Gasteiger partial charge is 0.368 e. The van der Waals surface area contributed by atoms with Crippen LogP contribution < -0.4 is 10.0 Å². The highest BCUT2D eigenvalue weighted by Crippen LogP contribution is 2.29. The van der Waals surface area contributed by atoms with Crippen molar-refractivity contribution in [3.8, 4) is 11.4 Å². The van der Waals surface area contributed by atoms with Crippen LogP contribution >= 0.6 is 0 Å². The second-order valence-corrected chi connectivity index (χ2v) is 9.71. The summed E-state index contributed by atoms with van der Waals surface area (Å²) in [5.41, 5.74) is 2.31. The second-order valence-electron chi connectivity index (χ2n) is 8.06. The molecule has 0 radical (unpaired) electrons. The maximum absolute atomic E-state index is 14.0. The lowest BCUT2D eigenvalue weighted by Gasteiger charge is -2.13. The first kappa shape index (κ1) is 24.3. The van der Waals surface area contributed by atoms with Crippen LogP contribution in [-0.4, -0.2) is 55.5 Å². The first-order valence-corrected chi connectivity index (χ1v) is 12.1. The molecule has 0 aliphatic heterocycles. The van der Waals surface area contributed by atoms with Crippen molar-refractivity contribution >= 4 is 38.6 Å². The van der Waals surface area contributed by atoms with E-state index in [1.54, 1.807) is 24.4 Å². The molecule has 0 aliphatic rings. The zero-order chi connectivity index (χ0) is 25.2. The van der Waals surface area contributed by atoms with Gasteiger partial charge in [0, 0.05) is 36.1 Å². The molecule has 0 fully saturated rings. The fourth-order valence-corrected chi connectivity index (χ4v) is 4.60. The average Bonchev–Trinajstić information content (AvgIpc) is 3.24. The minimum Gasteiger partial charge on any atom is -0.368 e. The molecule has 4 aromatic rings. The summed E-state index contributed by atoms with van der Waals surface area (Å²) in [5, 5.41) is 4.17. The lowest BCUT2D eigenvalue weighted by molar-refractivity contribution is 0.425. The Balaban J connectivity index is 1.63. The number of likely N-dealkylation sites (N-methyl/N-ethyl adjacent to an activating group) is 1. The highest BCUT2D eigenvalue weighted by Gasteiger charge is 2.20. The molecule has 0 saturated heterocycles. The van der Waals surface area contributed by atoms with Crippen molar-refractivity contribution in [2.24, 2.45) is 0 Å². The number of anilines is 2. The Labute approximate surface area is 201 Å². The van der Waals surface area contributed by atoms with Crippen molar-refractivity contribution < 1.29 is 17.2 Å². The summed E-state index contributed by atoms with van der Waals surface area (Å²) in [7, 11) is -0.364. The van der Waals surface area contributed by atoms with Gasteiger partial charge < -0.3 is 15.2 Å². The molecule has 0 aliphatic carbocycles. The van der Waals surface area contributed by atoms with E-state index < -0.39 is 26.6 Å². The third kappa shape index (κ3) is 5.31. The minimum atomic E-state index is -4.32. The molecule has 182 valence electrons. The number of halogens is 2. The van der Waals surface area contributed by atoms with E-state index >= 15 is 0 Å². The first-order valence-electron chi connectivity index (χ1n) is 10.7. The maximum Gasteiger partial charge on any atom is 0.264 e. The number of nitrogens with one attached hydrogen (secondary N) is 3. The van der Waals surface area contributed by atoms with Crippen LogP contribution in [0.5, 0.6) is 0 Å². The van der Waals surface area contributed by atoms with Gasteiger partial charge in [0.15, 0.2) is 5.82 Å². The Kier molecular flexibility index (Phi) is 6.81. The Hall–Kier alpha value is -3.83. The predicted octanol–water partition coefficient (Wildman–Crippen LogP) is 4.32. The van der Waals surface area contributed by atoms with Crippen LogP contribution in [-0.2, 0) is 10.0 Å². The third-order valence-electron chi connectivity index (χ3n) is 5.21. The van der Waals surface area contributed by atoms with Crippen LogP contribution in [0.1, 0.15) is 5.56 Å². The summed E-state index contributed by atoms with van der Waals surface area (Å²) in [6, 6.07) is 8.54. The van der Waals surface area contributed by atoms with Gasteiger partial charge in [0.25, 0.3) is 10.0 Å². The van der Waals surface area contributed by atoms with E-state index in [-0.39, 0.29) is 5.69 Å². The quantitative estimate of drug-likeness (QED) is 0.318. The Bertz CT molecular complexity index is 1480. The molecule has 35 heavy (non-hydrogen) atoms. The van der Waals surface area contributed by atoms with Gasteiger partial charge >= 0.3 is 0 Å². The smallest absolute Gasteiger partial charge is 0.264 e. The number of hydrogen-bond donors (Lipinski definition) is 3. The van der Waals surface area contributed by atoms with Crippen molar-refractivity contribution in [3.63, 3.8) is 0 Å². The molecule has 8 nitrogen and oxygen atoms in total. The third-order valence-corrected chi connectivity index (χ3v) is 6.61. The zero-order valence-corrected chi connectivity index (χ0v) is 20.0. The highest BCUT2D eigenvalue weighted by molar-refractivity contribution is 7.92. The number of nitrogens with zero attached hydrogens (tertiary/aromatic N) is 3. The number of fused-ring (bicyclic) bond motifs is 1. The molecule has 2 heterocycles. The fourth-order valence-electron chi connectivity index (χ4n) is 3.45. The predicted molar refractivity (Wildman–Crippen MR) is 134 cm³/mol. The summed E-state index contributed by atoms with van der Waals surface area (Å²) < 4.78 is 54.7. The number of sulfonamides is 1. The van der Waals surface area contributed by atoms with Gasteiger partial charge in [-0.15, -0.1) is 0 Å². The normalized spacial score (nSPS) is 11.7. The van der Waals surface area contributed by atoms with E-state index in [4.69, 9.17) is 0 Å². The Morgan fingerprint density at radius 3 is 2.54 bits per heavy atom. The van der Waals surface area contributed by atoms with Crippen LogP contribution in [0.15, 0.2) is 60.1 Å². The zero-order valence-electron chi connectivity index (χ0n) is 19.1. The van der Waals surface area contributed by atoms with E-state index in [0.717, 1.165) is 29.6 Å². The molecular weight excluding hydrogens is 474 g/mol. The van der Waals surface area contributed by atoms with Crippen LogP contribution in [0.4, 0.5) is 20.3 Å². The summed E-state index contributed by atoms with van der Waals surface area (Å²) in [6.45, 7) is 5.31. The fraction of sp³-hybridized carbons (Fsp3) is 0.167. The SMILES string of the molecule is C=Cc1c[nH]c2nc(-c3ccc(NS(=O)(=O)c4cc(F)ccc4F)cc3)nc(NCCN(C)C)c12. The van der Waals surface area contributed by atoms with Gasteiger partial charge in [-0.05, 0) is 56.6 Å². The van der Waals surface area contributed by atoms with E-state index in [1.165, 1.54) is 12.1 Å². The molecular formula is C24H24F2N6O2S. The van der Waals surface area contributed by atoms with Gasteiger partial charge in [-0.3, -0.25) is 4.72 Å². The number of hydrogen-bond acceptors (Lipinski definition) is 6. The molecule has 0 spiro atoms. The molecule has 0 saturated carbocycles. The molecule has 0 amide bonds. The topological polar surface area (TPSA) is 103 Å². The monoisotopic (exact) mass is 498 g/mol. The van der Waals surface area contributed by atoms with E-state index in [2.05, 4.69) is 31.6 Å². The van der Waals surface area contributed by atoms with E-state index in [9.17, 15) is 17.2 Å². The van der Waals surface area contributed by atoms with Crippen molar-refractivity contribution in [1.29, 1.82) is 0 Å². The van der Waals surface area contributed by atoms with Crippen LogP contribution in [0.25, 0.3) is 28.5 Å². The van der Waals surface area contributed by atoms with Crippen molar-refractivity contribution in [2.75, 3.05) is 37.2 Å². The molecule has 0 atom stereocenters. The second kappa shape index (κ2) is 9.80. The average molecular weight is 499 g/mol. The molecule has 0 unspecified atom stereocenters. The molecule has 0 bridgehead atoms. The van der Waals surface area contributed by atoms with Gasteiger partial charge in [-0.25, -0.2) is 27.2 Å². The highest BCUT2D eigenvalue weighted by atomic mass is 32.2. The summed E-state index contributed by atoms with van der Waals surface area (Å²) in [4.78, 5) is 13.7. The van der Waals surface area contributed by atoms with Gasteiger partial charge in [-0.2, -0.15) is 0 Å². The van der Waals surface area contributed by atoms with Crippen molar-refractivity contribution in [1.82, 2.24) is 19.9 Å². The van der Waals surface area contributed by atoms with E-state index in [0.29, 0.717) is 35.5 Å². The first-order chi connectivity index (χ1) is 16.7. The number of aromatic amines is 1. The summed E-state index contributed by atoms with van der Waals surface area (Å²) >= 11 is 0. The van der Waals surface area contributed by atoms with Gasteiger partial charge in [-0.1, -0.05) is 12.7 Å². The summed E-state index contributed by atoms with van der Waals surface area (Å²) in [5.74, 6) is -0.827. The number of H-pyrrole nitrogens is 1. The standard InChI is InChI=1S/C24H24F2N6O2S/c1-4-15-14-28-24-21(15)23(27-11-12-32(2)3)29-22(30-24)16-5-8-18(9-6-16)31-35(33,34)20-13-17(25)7-10-19(20)26/h4-10,13-14,31H,1,11-12H2,2-3H3,(H2,27,28,29,30). The van der Waals surface area contributed by atoms with Crippen LogP contribution in [0.3, 0.4) is 0 Å². The van der Waals surface area contributed by atoms with E-state index in [1.807, 2.05) is 19.0 Å². The number of benzene rings is 2. The lowest BCUT2D eigenvalue weighted by Crippen LogP contribution is -2.21. The molecule has 3 N–H and O–H groups in total. The molecule has 11 heteroatoms. The van der Waals surface area contributed by atoms with Gasteiger partial charge in [0.05, 0.1) is 5.39 Å². The lowest BCUT2D eigenvalue weighted by atomic mass is 10.2. The Morgan fingerprint density at radius 1 is 1.11 bits per heavy atom. The van der Waals surface area contributed by atoms with Crippen molar-refractivity contribution in [2.45, 2.75) is 4.90 Å². The molecule has 4 rings (SSSR count). The Morgan fingerprint density at radius 2 is 1.86 bits per heavy atom. The number of aromatic nitrogens is 3. The van der Waals surface area contributed by atoms with Gasteiger partial charge in [0.1, 0.15) is 28.0 Å². The maximum atomic E-state index is 14.0.